The number of pyridine rings is 1. The number of rotatable bonds is 2. The Bertz CT molecular complexity index is 319. The number of aromatic nitrogens is 1. The molecule has 76 valence electrons. The van der Waals surface area contributed by atoms with E-state index in [4.69, 9.17) is 5.11 Å². The van der Waals surface area contributed by atoms with Crippen molar-refractivity contribution in [1.29, 1.82) is 0 Å². The van der Waals surface area contributed by atoms with E-state index < -0.39 is 5.95 Å². The number of hydrogen-bond donors (Lipinski definition) is 1. The predicted octanol–water partition coefficient (Wildman–Crippen LogP) is 1.04. The summed E-state index contributed by atoms with van der Waals surface area (Å²) in [5, 5.41) is 8.97. The molecule has 1 N–H and O–H groups in total. The van der Waals surface area contributed by atoms with Gasteiger partial charge in [0, 0.05) is 43.6 Å². The molecule has 0 bridgehead atoms. The van der Waals surface area contributed by atoms with Crippen molar-refractivity contribution in [1.82, 2.24) is 4.98 Å². The molecule has 2 rings (SSSR count). The number of nitrogens with zero attached hydrogens (tertiary/aromatic N) is 2. The van der Waals surface area contributed by atoms with Gasteiger partial charge in [0.05, 0.1) is 0 Å². The molecule has 1 atom stereocenters. The van der Waals surface area contributed by atoms with Crippen LogP contribution in [0.1, 0.15) is 6.42 Å². The van der Waals surface area contributed by atoms with E-state index in [1.807, 2.05) is 0 Å². The van der Waals surface area contributed by atoms with Crippen LogP contribution in [0.15, 0.2) is 18.3 Å². The minimum atomic E-state index is -0.449. The first kappa shape index (κ1) is 9.40. The fraction of sp³-hybridized carbons (Fsp3) is 0.500. The van der Waals surface area contributed by atoms with Gasteiger partial charge in [-0.25, -0.2) is 4.98 Å². The van der Waals surface area contributed by atoms with Crippen molar-refractivity contribution in [3.05, 3.63) is 24.3 Å². The number of aliphatic hydroxyl groups is 1. The first-order valence-electron chi connectivity index (χ1n) is 4.77. The van der Waals surface area contributed by atoms with E-state index in [0.29, 0.717) is 5.92 Å². The summed E-state index contributed by atoms with van der Waals surface area (Å²) in [4.78, 5) is 5.58. The van der Waals surface area contributed by atoms with Crippen molar-refractivity contribution < 1.29 is 9.50 Å². The van der Waals surface area contributed by atoms with Gasteiger partial charge in [0.25, 0.3) is 0 Å². The number of aliphatic hydroxyl groups excluding tert-OH is 1. The lowest BCUT2D eigenvalue weighted by Crippen LogP contribution is -2.20. The molecule has 3 nitrogen and oxygen atoms in total. The van der Waals surface area contributed by atoms with Gasteiger partial charge in [-0.2, -0.15) is 4.39 Å². The zero-order valence-electron chi connectivity index (χ0n) is 7.86. The SMILES string of the molecule is OC[C@H]1CCN(c2ccnc(F)c2)C1. The second-order valence-electron chi connectivity index (χ2n) is 3.62. The molecule has 1 aromatic heterocycles. The summed E-state index contributed by atoms with van der Waals surface area (Å²) in [6, 6.07) is 3.22. The van der Waals surface area contributed by atoms with Gasteiger partial charge < -0.3 is 10.0 Å². The zero-order chi connectivity index (χ0) is 9.97. The maximum Gasteiger partial charge on any atom is 0.214 e. The predicted molar refractivity (Wildman–Crippen MR) is 51.6 cm³/mol. The Morgan fingerprint density at radius 2 is 2.50 bits per heavy atom. The monoisotopic (exact) mass is 196 g/mol. The summed E-state index contributed by atoms with van der Waals surface area (Å²) in [6.45, 7) is 1.90. The van der Waals surface area contributed by atoms with Crippen LogP contribution in [0.2, 0.25) is 0 Å². The molecule has 1 aliphatic heterocycles. The molecule has 0 saturated carbocycles. The summed E-state index contributed by atoms with van der Waals surface area (Å²) in [7, 11) is 0. The molecule has 1 saturated heterocycles. The zero-order valence-corrected chi connectivity index (χ0v) is 7.86. The minimum Gasteiger partial charge on any atom is -0.396 e. The highest BCUT2D eigenvalue weighted by Crippen LogP contribution is 2.23. The van der Waals surface area contributed by atoms with Crippen LogP contribution in [0.25, 0.3) is 0 Å². The lowest BCUT2D eigenvalue weighted by molar-refractivity contribution is 0.238. The largest absolute Gasteiger partial charge is 0.396 e. The summed E-state index contributed by atoms with van der Waals surface area (Å²) < 4.78 is 12.8. The van der Waals surface area contributed by atoms with Crippen LogP contribution in [-0.4, -0.2) is 29.8 Å². The van der Waals surface area contributed by atoms with Crippen molar-refractivity contribution in [2.24, 2.45) is 5.92 Å². The number of anilines is 1. The van der Waals surface area contributed by atoms with Crippen LogP contribution in [0.4, 0.5) is 10.1 Å². The van der Waals surface area contributed by atoms with Crippen molar-refractivity contribution in [3.63, 3.8) is 0 Å². The first-order chi connectivity index (χ1) is 6.79. The molecule has 0 aliphatic carbocycles. The van der Waals surface area contributed by atoms with Crippen LogP contribution >= 0.6 is 0 Å². The van der Waals surface area contributed by atoms with E-state index >= 15 is 0 Å². The Kier molecular flexibility index (Phi) is 2.63. The van der Waals surface area contributed by atoms with Gasteiger partial charge in [0.2, 0.25) is 5.95 Å². The molecule has 0 radical (unpaired) electrons. The average molecular weight is 196 g/mol. The Labute approximate surface area is 82.2 Å². The second kappa shape index (κ2) is 3.92. The maximum absolute atomic E-state index is 12.8. The van der Waals surface area contributed by atoms with E-state index in [-0.39, 0.29) is 6.61 Å². The van der Waals surface area contributed by atoms with Gasteiger partial charge in [-0.05, 0) is 12.5 Å². The molecule has 1 fully saturated rings. The van der Waals surface area contributed by atoms with Crippen LogP contribution in [0.3, 0.4) is 0 Å². The van der Waals surface area contributed by atoms with E-state index in [0.717, 1.165) is 25.2 Å². The normalized spacial score (nSPS) is 21.6. The lowest BCUT2D eigenvalue weighted by atomic mass is 10.1. The van der Waals surface area contributed by atoms with Crippen molar-refractivity contribution in [2.75, 3.05) is 24.6 Å². The van der Waals surface area contributed by atoms with Gasteiger partial charge in [-0.1, -0.05) is 0 Å². The number of hydrogen-bond acceptors (Lipinski definition) is 3. The Morgan fingerprint density at radius 3 is 3.14 bits per heavy atom. The summed E-state index contributed by atoms with van der Waals surface area (Å²) in [6.07, 6.45) is 2.44. The van der Waals surface area contributed by atoms with E-state index in [2.05, 4.69) is 9.88 Å². The fourth-order valence-corrected chi connectivity index (χ4v) is 1.81. The summed E-state index contributed by atoms with van der Waals surface area (Å²) in [5.41, 5.74) is 0.855. The lowest BCUT2D eigenvalue weighted by Gasteiger charge is -2.17. The molecule has 1 aliphatic rings. The molecular formula is C10H13FN2O. The molecule has 0 spiro atoms. The Morgan fingerprint density at radius 1 is 1.64 bits per heavy atom. The summed E-state index contributed by atoms with van der Waals surface area (Å²) in [5.74, 6) is -0.124. The molecule has 4 heteroatoms. The summed E-state index contributed by atoms with van der Waals surface area (Å²) >= 11 is 0. The highest BCUT2D eigenvalue weighted by atomic mass is 19.1. The minimum absolute atomic E-state index is 0.212. The Hall–Kier alpha value is -1.16. The van der Waals surface area contributed by atoms with Crippen molar-refractivity contribution in [2.45, 2.75) is 6.42 Å². The van der Waals surface area contributed by atoms with Gasteiger partial charge >= 0.3 is 0 Å². The van der Waals surface area contributed by atoms with E-state index in [1.165, 1.54) is 12.3 Å². The van der Waals surface area contributed by atoms with Crippen molar-refractivity contribution >= 4 is 5.69 Å². The first-order valence-corrected chi connectivity index (χ1v) is 4.77. The molecule has 2 heterocycles. The third-order valence-corrected chi connectivity index (χ3v) is 2.62. The van der Waals surface area contributed by atoms with Crippen LogP contribution in [-0.2, 0) is 0 Å². The van der Waals surface area contributed by atoms with Crippen LogP contribution < -0.4 is 4.90 Å². The van der Waals surface area contributed by atoms with E-state index in [1.54, 1.807) is 6.07 Å². The van der Waals surface area contributed by atoms with Gasteiger partial charge in [0.1, 0.15) is 0 Å². The average Bonchev–Trinajstić information content (AvgIpc) is 2.66. The topological polar surface area (TPSA) is 36.4 Å². The molecule has 0 aromatic carbocycles. The molecule has 1 aromatic rings. The molecule has 0 unspecified atom stereocenters. The molecule has 0 amide bonds. The van der Waals surface area contributed by atoms with Crippen LogP contribution in [0, 0.1) is 11.9 Å². The molecule has 14 heavy (non-hydrogen) atoms. The highest BCUT2D eigenvalue weighted by molar-refractivity contribution is 5.45. The van der Waals surface area contributed by atoms with Gasteiger partial charge in [-0.15, -0.1) is 0 Å². The second-order valence-corrected chi connectivity index (χ2v) is 3.62. The third kappa shape index (κ3) is 1.85. The van der Waals surface area contributed by atoms with E-state index in [9.17, 15) is 4.39 Å². The smallest absolute Gasteiger partial charge is 0.214 e. The fourth-order valence-electron chi connectivity index (χ4n) is 1.81. The van der Waals surface area contributed by atoms with Gasteiger partial charge in [0.15, 0.2) is 0 Å². The third-order valence-electron chi connectivity index (χ3n) is 2.62. The highest BCUT2D eigenvalue weighted by Gasteiger charge is 2.21. The Balaban J connectivity index is 2.09. The molecular weight excluding hydrogens is 183 g/mol. The van der Waals surface area contributed by atoms with Gasteiger partial charge in [-0.3, -0.25) is 0 Å². The maximum atomic E-state index is 12.8. The van der Waals surface area contributed by atoms with Crippen molar-refractivity contribution in [3.8, 4) is 0 Å². The quantitative estimate of drug-likeness (QED) is 0.718. The van der Waals surface area contributed by atoms with Crippen LogP contribution in [0.5, 0.6) is 0 Å². The number of halogens is 1. The standard InChI is InChI=1S/C10H13FN2O/c11-10-5-9(1-3-12-10)13-4-2-8(6-13)7-14/h1,3,5,8,14H,2,4,6-7H2/t8-/m0/s1.